The predicted octanol–water partition coefficient (Wildman–Crippen LogP) is 0.506. The predicted molar refractivity (Wildman–Crippen MR) is 44.1 cm³/mol. The highest BCUT2D eigenvalue weighted by Crippen LogP contribution is 2.37. The van der Waals surface area contributed by atoms with Gasteiger partial charge in [-0.05, 0) is 6.92 Å². The van der Waals surface area contributed by atoms with Crippen molar-refractivity contribution in [3.05, 3.63) is 0 Å². The van der Waals surface area contributed by atoms with E-state index < -0.39 is 17.2 Å². The molecule has 2 amide bonds. The van der Waals surface area contributed by atoms with Crippen LogP contribution in [0.2, 0.25) is 0 Å². The fraction of sp³-hybridized carbons (Fsp3) is 0.571. The van der Waals surface area contributed by atoms with E-state index in [4.69, 9.17) is 0 Å². The van der Waals surface area contributed by atoms with Gasteiger partial charge in [0.15, 0.2) is 0 Å². The average molecular weight is 234 g/mol. The van der Waals surface area contributed by atoms with Gasteiger partial charge in [-0.15, -0.1) is 0 Å². The van der Waals surface area contributed by atoms with Gasteiger partial charge in [0, 0.05) is 0 Å². The zero-order chi connectivity index (χ0) is 9.52. The number of hydrogen-bond acceptors (Lipinski definition) is 3. The number of nitrogens with zero attached hydrogens (tertiary/aromatic N) is 1. The van der Waals surface area contributed by atoms with Crippen LogP contribution in [0.3, 0.4) is 0 Å². The third-order valence-electron chi connectivity index (χ3n) is 2.35. The molecular formula is C7H8BrNO3. The maximum atomic E-state index is 11.3. The van der Waals surface area contributed by atoms with Gasteiger partial charge >= 0.3 is 0 Å². The second-order valence-corrected chi connectivity index (χ2v) is 3.76. The molecule has 1 aliphatic rings. The van der Waals surface area contributed by atoms with E-state index in [0.29, 0.717) is 6.29 Å². The normalized spacial score (nSPS) is 35.9. The molecule has 1 heterocycles. The largest absolute Gasteiger partial charge is 0.302 e. The summed E-state index contributed by atoms with van der Waals surface area (Å²) >= 11 is 2.80. The highest BCUT2D eigenvalue weighted by molar-refractivity contribution is 9.08. The Labute approximate surface area is 78.2 Å². The van der Waals surface area contributed by atoms with E-state index in [1.54, 1.807) is 6.92 Å². The third-order valence-corrected chi connectivity index (χ3v) is 3.02. The monoisotopic (exact) mass is 233 g/mol. The summed E-state index contributed by atoms with van der Waals surface area (Å²) in [7, 11) is 0. The van der Waals surface area contributed by atoms with Crippen LogP contribution >= 0.6 is 16.1 Å². The van der Waals surface area contributed by atoms with Crippen molar-refractivity contribution in [2.45, 2.75) is 13.8 Å². The smallest absolute Gasteiger partial charge is 0.253 e. The van der Waals surface area contributed by atoms with Crippen LogP contribution in [0.5, 0.6) is 0 Å². The highest BCUT2D eigenvalue weighted by atomic mass is 79.9. The number of hydrogen-bond donors (Lipinski definition) is 0. The summed E-state index contributed by atoms with van der Waals surface area (Å²) in [6.07, 6.45) is 0.527. The van der Waals surface area contributed by atoms with Crippen LogP contribution in [0.25, 0.3) is 0 Å². The minimum Gasteiger partial charge on any atom is -0.302 e. The van der Waals surface area contributed by atoms with E-state index in [9.17, 15) is 14.4 Å². The van der Waals surface area contributed by atoms with Gasteiger partial charge < -0.3 is 4.79 Å². The van der Waals surface area contributed by atoms with Crippen LogP contribution < -0.4 is 0 Å². The first-order valence-corrected chi connectivity index (χ1v) is 4.16. The maximum absolute atomic E-state index is 11.3. The lowest BCUT2D eigenvalue weighted by atomic mass is 9.82. The van der Waals surface area contributed by atoms with Gasteiger partial charge in [-0.2, -0.15) is 0 Å². The number of rotatable bonds is 1. The quantitative estimate of drug-likeness (QED) is 0.287. The average Bonchev–Trinajstić information content (AvgIpc) is 2.22. The molecule has 2 atom stereocenters. The second-order valence-electron chi connectivity index (χ2n) is 3.05. The molecule has 0 aromatic carbocycles. The Bertz CT molecular complexity index is 265. The minimum atomic E-state index is -1.19. The molecule has 4 nitrogen and oxygen atoms in total. The van der Waals surface area contributed by atoms with Crippen molar-refractivity contribution >= 4 is 34.2 Å². The van der Waals surface area contributed by atoms with Crippen LogP contribution in [-0.2, 0) is 14.4 Å². The van der Waals surface area contributed by atoms with Gasteiger partial charge in [-0.1, -0.05) is 6.92 Å². The summed E-state index contributed by atoms with van der Waals surface area (Å²) in [6.45, 7) is 3.03. The summed E-state index contributed by atoms with van der Waals surface area (Å²) in [5.74, 6) is -1.44. The Hall–Kier alpha value is -0.710. The van der Waals surface area contributed by atoms with Crippen molar-refractivity contribution in [2.75, 3.05) is 0 Å². The van der Waals surface area contributed by atoms with Gasteiger partial charge in [-0.25, -0.2) is 3.93 Å². The maximum Gasteiger partial charge on any atom is 0.253 e. The van der Waals surface area contributed by atoms with Crippen molar-refractivity contribution in [1.29, 1.82) is 0 Å². The Morgan fingerprint density at radius 1 is 1.58 bits per heavy atom. The van der Waals surface area contributed by atoms with Crippen molar-refractivity contribution in [1.82, 2.24) is 3.93 Å². The minimum absolute atomic E-state index is 0.366. The number of imide groups is 1. The Morgan fingerprint density at radius 3 is 2.25 bits per heavy atom. The first kappa shape index (κ1) is 9.38. The van der Waals surface area contributed by atoms with Crippen molar-refractivity contribution in [3.63, 3.8) is 0 Å². The fourth-order valence-electron chi connectivity index (χ4n) is 1.08. The molecule has 5 heteroatoms. The molecule has 66 valence electrons. The molecule has 0 N–H and O–H groups in total. The highest BCUT2D eigenvalue weighted by Gasteiger charge is 2.53. The number of amides is 2. The molecule has 1 saturated heterocycles. The molecule has 0 radical (unpaired) electrons. The van der Waals surface area contributed by atoms with E-state index in [2.05, 4.69) is 16.1 Å². The molecule has 1 rings (SSSR count). The lowest BCUT2D eigenvalue weighted by molar-refractivity contribution is -0.136. The molecule has 0 spiro atoms. The topological polar surface area (TPSA) is 54.5 Å². The number of carbonyl (C=O) groups is 3. The fourth-order valence-corrected chi connectivity index (χ4v) is 1.76. The first-order chi connectivity index (χ1) is 5.45. The van der Waals surface area contributed by atoms with Gasteiger partial charge in [0.25, 0.3) is 5.91 Å². The zero-order valence-corrected chi connectivity index (χ0v) is 8.29. The summed E-state index contributed by atoms with van der Waals surface area (Å²) in [5, 5.41) is 0. The van der Waals surface area contributed by atoms with E-state index in [1.807, 2.05) is 0 Å². The first-order valence-electron chi connectivity index (χ1n) is 3.45. The summed E-state index contributed by atoms with van der Waals surface area (Å²) in [6, 6.07) is 0. The molecule has 0 aromatic rings. The lowest BCUT2D eigenvalue weighted by Crippen LogP contribution is -2.31. The third kappa shape index (κ3) is 0.924. The van der Waals surface area contributed by atoms with Crippen LogP contribution in [0, 0.1) is 11.3 Å². The molecular weight excluding hydrogens is 226 g/mol. The van der Waals surface area contributed by atoms with Crippen LogP contribution in [0.1, 0.15) is 13.8 Å². The molecule has 1 fully saturated rings. The SMILES string of the molecule is CC1C(=O)N(Br)C(=O)C1(C)C=O. The molecule has 0 aromatic heterocycles. The zero-order valence-electron chi connectivity index (χ0n) is 6.70. The second kappa shape index (κ2) is 2.65. The van der Waals surface area contributed by atoms with Gasteiger partial charge in [0.1, 0.15) is 11.7 Å². The molecule has 0 aliphatic carbocycles. The Kier molecular flexibility index (Phi) is 2.07. The van der Waals surface area contributed by atoms with E-state index >= 15 is 0 Å². The Balaban J connectivity index is 3.15. The van der Waals surface area contributed by atoms with Crippen LogP contribution in [0.15, 0.2) is 0 Å². The van der Waals surface area contributed by atoms with Crippen molar-refractivity contribution < 1.29 is 14.4 Å². The van der Waals surface area contributed by atoms with E-state index in [-0.39, 0.29) is 5.91 Å². The van der Waals surface area contributed by atoms with Crippen LogP contribution in [-0.4, -0.2) is 22.0 Å². The molecule has 1 aliphatic heterocycles. The Morgan fingerprint density at radius 2 is 2.08 bits per heavy atom. The van der Waals surface area contributed by atoms with Crippen molar-refractivity contribution in [2.24, 2.45) is 11.3 Å². The summed E-state index contributed by atoms with van der Waals surface area (Å²) in [4.78, 5) is 33.1. The molecule has 2 unspecified atom stereocenters. The lowest BCUT2D eigenvalue weighted by Gasteiger charge is -2.15. The standard InChI is InChI=1S/C7H8BrNO3/c1-4-5(11)9(8)6(12)7(4,2)3-10/h3-4H,1-2H3. The summed E-state index contributed by atoms with van der Waals surface area (Å²) < 4.78 is 0.825. The van der Waals surface area contributed by atoms with Crippen molar-refractivity contribution in [3.8, 4) is 0 Å². The van der Waals surface area contributed by atoms with E-state index in [0.717, 1.165) is 3.93 Å². The van der Waals surface area contributed by atoms with Gasteiger partial charge in [0.2, 0.25) is 5.91 Å². The number of halogens is 1. The summed E-state index contributed by atoms with van der Waals surface area (Å²) in [5.41, 5.74) is -1.19. The molecule has 0 bridgehead atoms. The molecule has 12 heavy (non-hydrogen) atoms. The van der Waals surface area contributed by atoms with Gasteiger partial charge in [-0.3, -0.25) is 9.59 Å². The number of carbonyl (C=O) groups excluding carboxylic acids is 3. The number of aldehydes is 1. The van der Waals surface area contributed by atoms with Gasteiger partial charge in [0.05, 0.1) is 22.1 Å². The van der Waals surface area contributed by atoms with Crippen LogP contribution in [0.4, 0.5) is 0 Å². The van der Waals surface area contributed by atoms with E-state index in [1.165, 1.54) is 6.92 Å². The molecule has 0 saturated carbocycles.